The third kappa shape index (κ3) is 4.00. The van der Waals surface area contributed by atoms with E-state index in [9.17, 15) is 5.11 Å². The lowest BCUT2D eigenvalue weighted by atomic mass is 10.2. The molecule has 2 nitrogen and oxygen atoms in total. The highest BCUT2D eigenvalue weighted by Gasteiger charge is 2.11. The minimum absolute atomic E-state index is 0.226. The third-order valence-corrected chi connectivity index (χ3v) is 4.31. The highest BCUT2D eigenvalue weighted by molar-refractivity contribution is 9.10. The number of aliphatic hydroxyl groups is 1. The van der Waals surface area contributed by atoms with Crippen molar-refractivity contribution in [3.8, 4) is 5.75 Å². The molecular weight excluding hydrogens is 288 g/mol. The van der Waals surface area contributed by atoms with E-state index >= 15 is 0 Å². The molecule has 1 N–H and O–H groups in total. The minimum atomic E-state index is -0.289. The van der Waals surface area contributed by atoms with Gasteiger partial charge in [0.2, 0.25) is 0 Å². The van der Waals surface area contributed by atoms with Crippen LogP contribution in [0.25, 0.3) is 0 Å². The maximum absolute atomic E-state index is 9.42. The smallest absolute Gasteiger partial charge is 0.122 e. The number of hydrogen-bond donors (Lipinski definition) is 1. The van der Waals surface area contributed by atoms with Crippen molar-refractivity contribution in [1.29, 1.82) is 0 Å². The van der Waals surface area contributed by atoms with E-state index < -0.39 is 0 Å². The van der Waals surface area contributed by atoms with Crippen LogP contribution < -0.4 is 4.74 Å². The summed E-state index contributed by atoms with van der Waals surface area (Å²) in [6, 6.07) is 5.97. The Hall–Kier alpha value is -0.190. The Morgan fingerprint density at radius 1 is 1.44 bits per heavy atom. The summed E-state index contributed by atoms with van der Waals surface area (Å²) in [5, 5.41) is 9.64. The zero-order chi connectivity index (χ0) is 12.1. The van der Waals surface area contributed by atoms with E-state index in [1.54, 1.807) is 18.9 Å². The van der Waals surface area contributed by atoms with E-state index in [0.29, 0.717) is 0 Å². The number of ether oxygens (including phenoxy) is 1. The quantitative estimate of drug-likeness (QED) is 0.903. The highest BCUT2D eigenvalue weighted by Crippen LogP contribution is 2.28. The van der Waals surface area contributed by atoms with Crippen LogP contribution in [-0.2, 0) is 5.75 Å². The van der Waals surface area contributed by atoms with Crippen LogP contribution in [0.3, 0.4) is 0 Å². The summed E-state index contributed by atoms with van der Waals surface area (Å²) in [5.74, 6) is 1.74. The van der Waals surface area contributed by atoms with Gasteiger partial charge in [-0.25, -0.2) is 0 Å². The summed E-state index contributed by atoms with van der Waals surface area (Å²) in [5.41, 5.74) is 1.15. The first-order valence-corrected chi connectivity index (χ1v) is 7.01. The van der Waals surface area contributed by atoms with Gasteiger partial charge < -0.3 is 9.84 Å². The van der Waals surface area contributed by atoms with Gasteiger partial charge in [0.25, 0.3) is 0 Å². The standard InChI is InChI=1S/C12H17BrO2S/c1-8(14)9(2)16-7-10-6-11(13)4-5-12(10)15-3/h4-6,8-9,14H,7H2,1-3H3. The number of thioether (sulfide) groups is 1. The van der Waals surface area contributed by atoms with E-state index in [0.717, 1.165) is 21.5 Å². The van der Waals surface area contributed by atoms with Crippen LogP contribution in [0, 0.1) is 0 Å². The zero-order valence-corrected chi connectivity index (χ0v) is 12.1. The van der Waals surface area contributed by atoms with Crippen LogP contribution in [0.1, 0.15) is 19.4 Å². The van der Waals surface area contributed by atoms with Crippen molar-refractivity contribution in [3.05, 3.63) is 28.2 Å². The van der Waals surface area contributed by atoms with Crippen LogP contribution in [0.4, 0.5) is 0 Å². The predicted molar refractivity (Wildman–Crippen MR) is 73.1 cm³/mol. The van der Waals surface area contributed by atoms with Gasteiger partial charge in [0.15, 0.2) is 0 Å². The van der Waals surface area contributed by atoms with Crippen LogP contribution in [0.15, 0.2) is 22.7 Å². The summed E-state index contributed by atoms with van der Waals surface area (Å²) in [6.45, 7) is 3.84. The summed E-state index contributed by atoms with van der Waals surface area (Å²) in [4.78, 5) is 0. The van der Waals surface area contributed by atoms with Gasteiger partial charge in [-0.15, -0.1) is 0 Å². The SMILES string of the molecule is COc1ccc(Br)cc1CSC(C)C(C)O. The Labute approximate surface area is 110 Å². The molecule has 4 heteroatoms. The van der Waals surface area contributed by atoms with Gasteiger partial charge in [-0.1, -0.05) is 22.9 Å². The largest absolute Gasteiger partial charge is 0.496 e. The molecule has 0 amide bonds. The number of aliphatic hydroxyl groups excluding tert-OH is 1. The maximum Gasteiger partial charge on any atom is 0.122 e. The van der Waals surface area contributed by atoms with E-state index in [1.807, 2.05) is 26.0 Å². The first-order chi connectivity index (χ1) is 7.54. The molecule has 2 unspecified atom stereocenters. The molecule has 0 heterocycles. The topological polar surface area (TPSA) is 29.5 Å². The molecule has 0 spiro atoms. The van der Waals surface area contributed by atoms with Gasteiger partial charge in [0, 0.05) is 21.0 Å². The average molecular weight is 305 g/mol. The van der Waals surface area contributed by atoms with Crippen molar-refractivity contribution in [2.24, 2.45) is 0 Å². The molecule has 0 aromatic heterocycles. The van der Waals surface area contributed by atoms with Crippen molar-refractivity contribution in [2.45, 2.75) is 31.0 Å². The van der Waals surface area contributed by atoms with Gasteiger partial charge in [-0.2, -0.15) is 11.8 Å². The lowest BCUT2D eigenvalue weighted by Gasteiger charge is -2.15. The van der Waals surface area contributed by atoms with Gasteiger partial charge in [0.05, 0.1) is 13.2 Å². The lowest BCUT2D eigenvalue weighted by Crippen LogP contribution is -2.15. The molecule has 1 rings (SSSR count). The normalized spacial score (nSPS) is 14.6. The fourth-order valence-electron chi connectivity index (χ4n) is 1.22. The van der Waals surface area contributed by atoms with Crippen LogP contribution >= 0.6 is 27.7 Å². The van der Waals surface area contributed by atoms with Crippen LogP contribution in [0.5, 0.6) is 5.75 Å². The van der Waals surface area contributed by atoms with Crippen molar-refractivity contribution in [1.82, 2.24) is 0 Å². The van der Waals surface area contributed by atoms with Gasteiger partial charge >= 0.3 is 0 Å². The molecule has 0 aliphatic carbocycles. The molecule has 0 fully saturated rings. The molecule has 0 saturated carbocycles. The summed E-state index contributed by atoms with van der Waals surface area (Å²) in [7, 11) is 1.68. The van der Waals surface area contributed by atoms with Crippen LogP contribution in [-0.4, -0.2) is 23.6 Å². The van der Waals surface area contributed by atoms with Crippen molar-refractivity contribution in [3.63, 3.8) is 0 Å². The van der Waals surface area contributed by atoms with Gasteiger partial charge in [-0.3, -0.25) is 0 Å². The number of rotatable bonds is 5. The molecule has 16 heavy (non-hydrogen) atoms. The van der Waals surface area contributed by atoms with Crippen molar-refractivity contribution < 1.29 is 9.84 Å². The molecular formula is C12H17BrO2S. The summed E-state index contributed by atoms with van der Waals surface area (Å²) < 4.78 is 6.35. The Kier molecular flexibility index (Phi) is 5.66. The molecule has 0 aliphatic heterocycles. The predicted octanol–water partition coefficient (Wildman–Crippen LogP) is 3.46. The number of hydrogen-bond acceptors (Lipinski definition) is 3. The second kappa shape index (κ2) is 6.52. The molecule has 0 radical (unpaired) electrons. The van der Waals surface area contributed by atoms with E-state index in [1.165, 1.54) is 0 Å². The number of benzene rings is 1. The molecule has 1 aromatic rings. The Morgan fingerprint density at radius 2 is 2.12 bits per heavy atom. The van der Waals surface area contributed by atoms with E-state index in [4.69, 9.17) is 4.74 Å². The van der Waals surface area contributed by atoms with Crippen LogP contribution in [0.2, 0.25) is 0 Å². The second-order valence-corrected chi connectivity index (χ2v) is 5.99. The Balaban J connectivity index is 2.68. The Bertz CT molecular complexity index is 342. The first-order valence-electron chi connectivity index (χ1n) is 5.16. The highest BCUT2D eigenvalue weighted by atomic mass is 79.9. The molecule has 0 saturated heterocycles. The average Bonchev–Trinajstić information content (AvgIpc) is 2.25. The Morgan fingerprint density at radius 3 is 2.69 bits per heavy atom. The molecule has 0 bridgehead atoms. The minimum Gasteiger partial charge on any atom is -0.496 e. The lowest BCUT2D eigenvalue weighted by molar-refractivity contribution is 0.196. The number of methoxy groups -OCH3 is 1. The molecule has 90 valence electrons. The summed E-state index contributed by atoms with van der Waals surface area (Å²) >= 11 is 5.17. The molecule has 1 aromatic carbocycles. The first kappa shape index (κ1) is 13.9. The fourth-order valence-corrected chi connectivity index (χ4v) is 2.58. The van der Waals surface area contributed by atoms with Gasteiger partial charge in [-0.05, 0) is 25.1 Å². The molecule has 2 atom stereocenters. The van der Waals surface area contributed by atoms with Gasteiger partial charge in [0.1, 0.15) is 5.75 Å². The monoisotopic (exact) mass is 304 g/mol. The summed E-state index contributed by atoms with van der Waals surface area (Å²) in [6.07, 6.45) is -0.289. The van der Waals surface area contributed by atoms with E-state index in [2.05, 4.69) is 22.0 Å². The third-order valence-electron chi connectivity index (χ3n) is 2.42. The number of halogens is 1. The van der Waals surface area contributed by atoms with E-state index in [-0.39, 0.29) is 11.4 Å². The fraction of sp³-hybridized carbons (Fsp3) is 0.500. The second-order valence-electron chi connectivity index (χ2n) is 3.71. The van der Waals surface area contributed by atoms with Crippen molar-refractivity contribution >= 4 is 27.7 Å². The maximum atomic E-state index is 9.42. The van der Waals surface area contributed by atoms with Crippen molar-refractivity contribution in [2.75, 3.05) is 7.11 Å². The molecule has 0 aliphatic rings. The zero-order valence-electron chi connectivity index (χ0n) is 9.74.